The predicted molar refractivity (Wildman–Crippen MR) is 126 cm³/mol. The van der Waals surface area contributed by atoms with Crippen molar-refractivity contribution in [2.24, 2.45) is 0 Å². The molecule has 3 amide bonds. The normalized spacial score (nSPS) is 15.6. The monoisotopic (exact) mass is 442 g/mol. The Kier molecular flexibility index (Phi) is 6.27. The van der Waals surface area contributed by atoms with E-state index in [4.69, 9.17) is 4.74 Å². The fourth-order valence-electron chi connectivity index (χ4n) is 4.02. The summed E-state index contributed by atoms with van der Waals surface area (Å²) in [5.41, 5.74) is 3.90. The zero-order valence-electron chi connectivity index (χ0n) is 18.9. The molecule has 1 saturated heterocycles. The second-order valence-electron chi connectivity index (χ2n) is 8.27. The summed E-state index contributed by atoms with van der Waals surface area (Å²) in [7, 11) is 1.55. The molecule has 1 aliphatic heterocycles. The number of aryl methyl sites for hydroxylation is 2. The highest BCUT2D eigenvalue weighted by Gasteiger charge is 2.44. The summed E-state index contributed by atoms with van der Waals surface area (Å²) in [5.74, 6) is -0.383. The van der Waals surface area contributed by atoms with Gasteiger partial charge >= 0.3 is 0 Å². The molecule has 0 aromatic heterocycles. The third-order valence-electron chi connectivity index (χ3n) is 5.83. The lowest BCUT2D eigenvalue weighted by molar-refractivity contribution is -0.122. The van der Waals surface area contributed by atoms with Gasteiger partial charge in [-0.2, -0.15) is 0 Å². The molecule has 0 spiro atoms. The first-order chi connectivity index (χ1) is 15.9. The number of ether oxygens (including phenoxy) is 1. The molecule has 3 aromatic rings. The number of amides is 3. The van der Waals surface area contributed by atoms with Gasteiger partial charge in [-0.15, -0.1) is 0 Å². The molecule has 1 unspecified atom stereocenters. The highest BCUT2D eigenvalue weighted by Crippen LogP contribution is 2.29. The summed E-state index contributed by atoms with van der Waals surface area (Å²) in [6.07, 6.45) is -0.0612. The Morgan fingerprint density at radius 1 is 0.970 bits per heavy atom. The lowest BCUT2D eigenvalue weighted by Crippen LogP contribution is -2.45. The van der Waals surface area contributed by atoms with Gasteiger partial charge in [-0.1, -0.05) is 47.5 Å². The topological polar surface area (TPSA) is 66.9 Å². The second kappa shape index (κ2) is 9.28. The SMILES string of the molecule is COc1ccc(N2C(=O)CC(N(Cc3ccc(C)cc3)C(=O)c3cccc(C)c3)C2=O)cc1. The number of rotatable bonds is 6. The van der Waals surface area contributed by atoms with Crippen LogP contribution in [-0.4, -0.2) is 35.8 Å². The minimum absolute atomic E-state index is 0.0612. The lowest BCUT2D eigenvalue weighted by Gasteiger charge is -2.28. The molecular weight excluding hydrogens is 416 g/mol. The summed E-state index contributed by atoms with van der Waals surface area (Å²) in [5, 5.41) is 0. The van der Waals surface area contributed by atoms with Gasteiger partial charge in [0.25, 0.3) is 11.8 Å². The van der Waals surface area contributed by atoms with Crippen LogP contribution >= 0.6 is 0 Å². The van der Waals surface area contributed by atoms with E-state index in [1.807, 2.05) is 50.2 Å². The van der Waals surface area contributed by atoms with Crippen LogP contribution in [-0.2, 0) is 16.1 Å². The molecule has 6 heteroatoms. The van der Waals surface area contributed by atoms with Crippen LogP contribution in [0.1, 0.15) is 33.5 Å². The average molecular weight is 443 g/mol. The first-order valence-electron chi connectivity index (χ1n) is 10.8. The van der Waals surface area contributed by atoms with Gasteiger partial charge in [0.2, 0.25) is 5.91 Å². The quantitative estimate of drug-likeness (QED) is 0.534. The van der Waals surface area contributed by atoms with E-state index in [0.717, 1.165) is 21.6 Å². The van der Waals surface area contributed by atoms with E-state index in [-0.39, 0.29) is 24.8 Å². The minimum atomic E-state index is -0.881. The molecule has 0 bridgehead atoms. The van der Waals surface area contributed by atoms with Crippen molar-refractivity contribution in [2.75, 3.05) is 12.0 Å². The van der Waals surface area contributed by atoms with Crippen LogP contribution in [0.2, 0.25) is 0 Å². The Hall–Kier alpha value is -3.93. The van der Waals surface area contributed by atoms with Gasteiger partial charge in [-0.05, 0) is 55.8 Å². The van der Waals surface area contributed by atoms with E-state index in [0.29, 0.717) is 17.0 Å². The number of hydrogen-bond donors (Lipinski definition) is 0. The van der Waals surface area contributed by atoms with Crippen molar-refractivity contribution in [1.29, 1.82) is 0 Å². The molecule has 0 radical (unpaired) electrons. The van der Waals surface area contributed by atoms with Crippen molar-refractivity contribution in [1.82, 2.24) is 4.90 Å². The van der Waals surface area contributed by atoms with Crippen LogP contribution in [0.3, 0.4) is 0 Å². The molecule has 1 atom stereocenters. The van der Waals surface area contributed by atoms with Crippen LogP contribution in [0.4, 0.5) is 5.69 Å². The summed E-state index contributed by atoms with van der Waals surface area (Å²) in [6, 6.07) is 20.9. The number of methoxy groups -OCH3 is 1. The predicted octanol–water partition coefficient (Wildman–Crippen LogP) is 4.29. The Labute approximate surface area is 193 Å². The molecule has 0 aliphatic carbocycles. The van der Waals surface area contributed by atoms with Gasteiger partial charge in [-0.3, -0.25) is 14.4 Å². The van der Waals surface area contributed by atoms with Gasteiger partial charge in [0.15, 0.2) is 0 Å². The number of imide groups is 1. The Morgan fingerprint density at radius 2 is 1.67 bits per heavy atom. The maximum atomic E-state index is 13.6. The van der Waals surface area contributed by atoms with Crippen molar-refractivity contribution in [3.8, 4) is 5.75 Å². The van der Waals surface area contributed by atoms with E-state index in [1.165, 1.54) is 4.90 Å². The van der Waals surface area contributed by atoms with Gasteiger partial charge in [0.05, 0.1) is 19.2 Å². The molecule has 1 aliphatic rings. The van der Waals surface area contributed by atoms with Crippen LogP contribution in [0.25, 0.3) is 0 Å². The van der Waals surface area contributed by atoms with E-state index >= 15 is 0 Å². The number of benzene rings is 3. The summed E-state index contributed by atoms with van der Waals surface area (Å²) in [4.78, 5) is 42.6. The van der Waals surface area contributed by atoms with E-state index in [9.17, 15) is 14.4 Å². The van der Waals surface area contributed by atoms with Crippen molar-refractivity contribution in [2.45, 2.75) is 32.9 Å². The van der Waals surface area contributed by atoms with Gasteiger partial charge in [0, 0.05) is 12.1 Å². The number of carbonyl (C=O) groups excluding carboxylic acids is 3. The zero-order valence-corrected chi connectivity index (χ0v) is 18.9. The fourth-order valence-corrected chi connectivity index (χ4v) is 4.02. The van der Waals surface area contributed by atoms with E-state index in [1.54, 1.807) is 43.5 Å². The van der Waals surface area contributed by atoms with Crippen LogP contribution in [0.5, 0.6) is 5.75 Å². The molecule has 0 saturated carbocycles. The fraction of sp³-hybridized carbons (Fsp3) is 0.222. The number of anilines is 1. The molecule has 168 valence electrons. The third kappa shape index (κ3) is 4.65. The van der Waals surface area contributed by atoms with Crippen molar-refractivity contribution >= 4 is 23.4 Å². The summed E-state index contributed by atoms with van der Waals surface area (Å²) < 4.78 is 5.17. The lowest BCUT2D eigenvalue weighted by atomic mass is 10.1. The number of hydrogen-bond acceptors (Lipinski definition) is 4. The van der Waals surface area contributed by atoms with Gasteiger partial charge in [-0.25, -0.2) is 4.90 Å². The summed E-state index contributed by atoms with van der Waals surface area (Å²) >= 11 is 0. The van der Waals surface area contributed by atoms with Crippen LogP contribution in [0, 0.1) is 13.8 Å². The molecule has 4 rings (SSSR count). The zero-order chi connectivity index (χ0) is 23.5. The largest absolute Gasteiger partial charge is 0.497 e. The maximum absolute atomic E-state index is 13.6. The first kappa shape index (κ1) is 22.3. The van der Waals surface area contributed by atoms with Crippen LogP contribution < -0.4 is 9.64 Å². The van der Waals surface area contributed by atoms with Crippen molar-refractivity contribution in [3.05, 3.63) is 95.1 Å². The first-order valence-corrected chi connectivity index (χ1v) is 10.8. The Bertz CT molecular complexity index is 1190. The molecule has 0 N–H and O–H groups in total. The molecule has 1 heterocycles. The second-order valence-corrected chi connectivity index (χ2v) is 8.27. The van der Waals surface area contributed by atoms with Crippen LogP contribution in [0.15, 0.2) is 72.8 Å². The minimum Gasteiger partial charge on any atom is -0.497 e. The molecule has 6 nitrogen and oxygen atoms in total. The van der Waals surface area contributed by atoms with Crippen molar-refractivity contribution < 1.29 is 19.1 Å². The van der Waals surface area contributed by atoms with E-state index in [2.05, 4.69) is 0 Å². The average Bonchev–Trinajstić information content (AvgIpc) is 3.11. The smallest absolute Gasteiger partial charge is 0.257 e. The Morgan fingerprint density at radius 3 is 2.30 bits per heavy atom. The summed E-state index contributed by atoms with van der Waals surface area (Å²) in [6.45, 7) is 4.13. The standard InChI is InChI=1S/C27H26N2O4/c1-18-7-9-20(10-8-18)17-28(26(31)21-6-4-5-19(2)15-21)24-16-25(30)29(27(24)32)22-11-13-23(33-3)14-12-22/h4-15,24H,16-17H2,1-3H3. The highest BCUT2D eigenvalue weighted by molar-refractivity contribution is 6.23. The third-order valence-corrected chi connectivity index (χ3v) is 5.83. The highest BCUT2D eigenvalue weighted by atomic mass is 16.5. The Balaban J connectivity index is 1.68. The molecular formula is C27H26N2O4. The maximum Gasteiger partial charge on any atom is 0.257 e. The van der Waals surface area contributed by atoms with E-state index < -0.39 is 11.9 Å². The van der Waals surface area contributed by atoms with Gasteiger partial charge < -0.3 is 9.64 Å². The molecule has 33 heavy (non-hydrogen) atoms. The van der Waals surface area contributed by atoms with Gasteiger partial charge in [0.1, 0.15) is 11.8 Å². The molecule has 1 fully saturated rings. The molecule has 3 aromatic carbocycles. The number of carbonyl (C=O) groups is 3. The number of nitrogens with zero attached hydrogens (tertiary/aromatic N) is 2. The van der Waals surface area contributed by atoms with Crippen molar-refractivity contribution in [3.63, 3.8) is 0 Å².